The average Bonchev–Trinajstić information content (AvgIpc) is 3.13. The molecule has 1 atom stereocenters. The Morgan fingerprint density at radius 3 is 2.64 bits per heavy atom. The number of benzene rings is 2. The normalized spacial score (nSPS) is 18.6. The number of hydrogen-bond acceptors (Lipinski definition) is 4. The molecule has 2 aromatic carbocycles. The maximum atomic E-state index is 13.0. The maximum Gasteiger partial charge on any atom is 0.252 e. The molecule has 1 aromatic heterocycles. The van der Waals surface area contributed by atoms with Crippen LogP contribution in [0.1, 0.15) is 12.5 Å². The number of thioether (sulfide) groups is 1. The molecule has 0 saturated carbocycles. The molecule has 2 amide bonds. The van der Waals surface area contributed by atoms with Crippen molar-refractivity contribution in [2.24, 2.45) is 0 Å². The van der Waals surface area contributed by atoms with Crippen LogP contribution in [0.4, 0.5) is 11.4 Å². The summed E-state index contributed by atoms with van der Waals surface area (Å²) in [7, 11) is 1.70. The van der Waals surface area contributed by atoms with Gasteiger partial charge in [-0.3, -0.25) is 14.3 Å². The van der Waals surface area contributed by atoms with Gasteiger partial charge in [0.2, 0.25) is 5.91 Å². The molecule has 3 aromatic rings. The van der Waals surface area contributed by atoms with Gasteiger partial charge in [-0.1, -0.05) is 54.2 Å². The molecule has 28 heavy (non-hydrogen) atoms. The number of carbonyl (C=O) groups excluding carboxylic acids is 2. The van der Waals surface area contributed by atoms with Crippen molar-refractivity contribution in [1.82, 2.24) is 9.78 Å². The van der Waals surface area contributed by atoms with Gasteiger partial charge in [0, 0.05) is 18.1 Å². The van der Waals surface area contributed by atoms with Crippen molar-refractivity contribution < 1.29 is 9.59 Å². The third kappa shape index (κ3) is 3.29. The van der Waals surface area contributed by atoms with Crippen LogP contribution in [-0.2, 0) is 16.1 Å². The Morgan fingerprint density at radius 1 is 1.14 bits per heavy atom. The topological polar surface area (TPSA) is 67.2 Å². The highest BCUT2D eigenvalue weighted by atomic mass is 32.2. The lowest BCUT2D eigenvalue weighted by atomic mass is 10.1. The van der Waals surface area contributed by atoms with E-state index in [0.717, 1.165) is 16.1 Å². The van der Waals surface area contributed by atoms with E-state index in [1.54, 1.807) is 35.9 Å². The second-order valence-electron chi connectivity index (χ2n) is 6.83. The van der Waals surface area contributed by atoms with Crippen LogP contribution in [-0.4, -0.2) is 33.4 Å². The number of carbonyl (C=O) groups is 2. The number of para-hydroxylation sites is 1. The first-order valence-corrected chi connectivity index (χ1v) is 9.73. The van der Waals surface area contributed by atoms with Gasteiger partial charge in [-0.25, -0.2) is 0 Å². The van der Waals surface area contributed by atoms with E-state index in [1.165, 1.54) is 11.8 Å². The third-order valence-corrected chi connectivity index (χ3v) is 6.10. The molecule has 1 aliphatic heterocycles. The van der Waals surface area contributed by atoms with Crippen LogP contribution in [0.3, 0.4) is 0 Å². The number of fused-ring (bicyclic) bond motifs is 1. The smallest absolute Gasteiger partial charge is 0.252 e. The molecule has 7 heteroatoms. The van der Waals surface area contributed by atoms with E-state index in [4.69, 9.17) is 0 Å². The van der Waals surface area contributed by atoms with Gasteiger partial charge >= 0.3 is 0 Å². The average molecular weight is 392 g/mol. The van der Waals surface area contributed by atoms with Crippen molar-refractivity contribution in [2.75, 3.05) is 17.3 Å². The van der Waals surface area contributed by atoms with Gasteiger partial charge in [-0.15, -0.1) is 0 Å². The quantitative estimate of drug-likeness (QED) is 0.691. The second kappa shape index (κ2) is 7.16. The fourth-order valence-electron chi connectivity index (χ4n) is 3.19. The number of nitrogens with one attached hydrogen (secondary N) is 1. The summed E-state index contributed by atoms with van der Waals surface area (Å²) in [5.74, 6) is -0.603. The highest BCUT2D eigenvalue weighted by Crippen LogP contribution is 2.45. The van der Waals surface area contributed by atoms with Gasteiger partial charge in [-0.2, -0.15) is 5.10 Å². The summed E-state index contributed by atoms with van der Waals surface area (Å²) >= 11 is 1.28. The summed E-state index contributed by atoms with van der Waals surface area (Å²) in [6.07, 6.45) is 3.36. The molecular weight excluding hydrogens is 372 g/mol. The zero-order valence-electron chi connectivity index (χ0n) is 15.6. The van der Waals surface area contributed by atoms with Crippen LogP contribution in [0, 0.1) is 0 Å². The van der Waals surface area contributed by atoms with Crippen LogP contribution >= 0.6 is 11.8 Å². The number of amides is 2. The SMILES string of the molecule is CN1C(=O)C(C)(C(=O)Nc2cnn(Cc3ccccc3)c2)Sc2ccccc21. The van der Waals surface area contributed by atoms with E-state index in [1.807, 2.05) is 54.6 Å². The Balaban J connectivity index is 1.51. The van der Waals surface area contributed by atoms with Crippen LogP contribution in [0.25, 0.3) is 0 Å². The summed E-state index contributed by atoms with van der Waals surface area (Å²) in [4.78, 5) is 28.4. The predicted molar refractivity (Wildman–Crippen MR) is 111 cm³/mol. The van der Waals surface area contributed by atoms with Crippen molar-refractivity contribution in [3.05, 3.63) is 72.6 Å². The monoisotopic (exact) mass is 392 g/mol. The van der Waals surface area contributed by atoms with Gasteiger partial charge in [-0.05, 0) is 24.6 Å². The van der Waals surface area contributed by atoms with Crippen LogP contribution in [0.2, 0.25) is 0 Å². The van der Waals surface area contributed by atoms with E-state index in [-0.39, 0.29) is 11.8 Å². The minimum absolute atomic E-state index is 0.245. The van der Waals surface area contributed by atoms with Gasteiger partial charge in [0.1, 0.15) is 0 Å². The molecule has 142 valence electrons. The lowest BCUT2D eigenvalue weighted by molar-refractivity contribution is -0.128. The van der Waals surface area contributed by atoms with Gasteiger partial charge < -0.3 is 10.2 Å². The van der Waals surface area contributed by atoms with Crippen molar-refractivity contribution in [2.45, 2.75) is 23.1 Å². The highest BCUT2D eigenvalue weighted by molar-refractivity contribution is 8.02. The molecule has 0 aliphatic carbocycles. The number of aromatic nitrogens is 2. The zero-order valence-corrected chi connectivity index (χ0v) is 16.4. The van der Waals surface area contributed by atoms with Crippen molar-refractivity contribution in [3.8, 4) is 0 Å². The number of rotatable bonds is 4. The Bertz CT molecular complexity index is 1030. The van der Waals surface area contributed by atoms with E-state index < -0.39 is 4.75 Å². The minimum Gasteiger partial charge on any atom is -0.322 e. The number of anilines is 2. The van der Waals surface area contributed by atoms with E-state index in [2.05, 4.69) is 10.4 Å². The summed E-state index contributed by atoms with van der Waals surface area (Å²) < 4.78 is 0.509. The van der Waals surface area contributed by atoms with Crippen LogP contribution < -0.4 is 10.2 Å². The third-order valence-electron chi connectivity index (χ3n) is 4.77. The van der Waals surface area contributed by atoms with Gasteiger partial charge in [0.25, 0.3) is 5.91 Å². The Hall–Kier alpha value is -3.06. The zero-order chi connectivity index (χ0) is 19.7. The number of hydrogen-bond donors (Lipinski definition) is 1. The summed E-state index contributed by atoms with van der Waals surface area (Å²) in [5.41, 5.74) is 2.50. The minimum atomic E-state index is -1.25. The molecule has 1 N–H and O–H groups in total. The largest absolute Gasteiger partial charge is 0.322 e. The Morgan fingerprint density at radius 2 is 1.86 bits per heavy atom. The predicted octanol–water partition coefficient (Wildman–Crippen LogP) is 3.40. The molecule has 6 nitrogen and oxygen atoms in total. The van der Waals surface area contributed by atoms with E-state index >= 15 is 0 Å². The summed E-state index contributed by atoms with van der Waals surface area (Å²) in [5, 5.41) is 7.15. The first-order valence-electron chi connectivity index (χ1n) is 8.91. The lowest BCUT2D eigenvalue weighted by Gasteiger charge is -2.36. The fourth-order valence-corrected chi connectivity index (χ4v) is 4.46. The molecule has 2 heterocycles. The molecular formula is C21H20N4O2S. The Kier molecular flexibility index (Phi) is 4.68. The number of nitrogens with zero attached hydrogens (tertiary/aromatic N) is 3. The molecule has 1 aliphatic rings. The van der Waals surface area contributed by atoms with Crippen molar-refractivity contribution >= 4 is 35.0 Å². The Labute approximate surface area is 167 Å². The first-order chi connectivity index (χ1) is 13.5. The molecule has 0 saturated heterocycles. The van der Waals surface area contributed by atoms with Crippen molar-refractivity contribution in [3.63, 3.8) is 0 Å². The summed E-state index contributed by atoms with van der Waals surface area (Å²) in [6, 6.07) is 17.5. The van der Waals surface area contributed by atoms with E-state index in [0.29, 0.717) is 12.2 Å². The molecule has 1 unspecified atom stereocenters. The first kappa shape index (κ1) is 18.3. The molecule has 0 bridgehead atoms. The molecule has 4 rings (SSSR count). The lowest BCUT2D eigenvalue weighted by Crippen LogP contribution is -2.53. The summed E-state index contributed by atoms with van der Waals surface area (Å²) in [6.45, 7) is 2.27. The van der Waals surface area contributed by atoms with E-state index in [9.17, 15) is 9.59 Å². The molecule has 0 fully saturated rings. The molecule has 0 radical (unpaired) electrons. The second-order valence-corrected chi connectivity index (χ2v) is 8.29. The van der Waals surface area contributed by atoms with Crippen LogP contribution in [0.15, 0.2) is 71.9 Å². The van der Waals surface area contributed by atoms with Gasteiger partial charge in [0.05, 0.1) is 24.1 Å². The van der Waals surface area contributed by atoms with Gasteiger partial charge in [0.15, 0.2) is 4.75 Å². The van der Waals surface area contributed by atoms with Crippen molar-refractivity contribution in [1.29, 1.82) is 0 Å². The fraction of sp³-hybridized carbons (Fsp3) is 0.190. The molecule has 0 spiro atoms. The highest BCUT2D eigenvalue weighted by Gasteiger charge is 2.48. The maximum absolute atomic E-state index is 13.0. The van der Waals surface area contributed by atoms with Crippen LogP contribution in [0.5, 0.6) is 0 Å². The standard InChI is InChI=1S/C21H20N4O2S/c1-21(20(27)24(2)17-10-6-7-11-18(17)28-21)19(26)23-16-12-22-25(14-16)13-15-8-4-3-5-9-15/h3-12,14H,13H2,1-2H3,(H,23,26).